The molecule has 19 heavy (non-hydrogen) atoms. The van der Waals surface area contributed by atoms with E-state index in [1.54, 1.807) is 12.1 Å². The van der Waals surface area contributed by atoms with Crippen LogP contribution in [0.2, 0.25) is 0 Å². The lowest BCUT2D eigenvalue weighted by Gasteiger charge is -2.26. The van der Waals surface area contributed by atoms with Gasteiger partial charge in [0, 0.05) is 19.1 Å². The van der Waals surface area contributed by atoms with Crippen LogP contribution in [0.1, 0.15) is 38.3 Å². The summed E-state index contributed by atoms with van der Waals surface area (Å²) in [5.74, 6) is 0. The summed E-state index contributed by atoms with van der Waals surface area (Å²) < 4.78 is 26.8. The van der Waals surface area contributed by atoms with E-state index >= 15 is 0 Å². The Morgan fingerprint density at radius 3 is 2.42 bits per heavy atom. The van der Waals surface area contributed by atoms with Gasteiger partial charge in [-0.1, -0.05) is 19.9 Å². The second-order valence-corrected chi connectivity index (χ2v) is 6.65. The van der Waals surface area contributed by atoms with Crippen LogP contribution in [0.25, 0.3) is 0 Å². The van der Waals surface area contributed by atoms with Crippen LogP contribution in [0.4, 0.5) is 0 Å². The first-order valence-electron chi connectivity index (χ1n) is 6.69. The van der Waals surface area contributed by atoms with Gasteiger partial charge in [0.05, 0.1) is 4.90 Å². The lowest BCUT2D eigenvalue weighted by Crippen LogP contribution is -2.38. The number of hydrogen-bond donors (Lipinski definition) is 1. The molecule has 1 aromatic rings. The SMILES string of the molecule is CCC(C)N(CC)S(=O)(=O)c1ccc(C)c(CN)c1. The molecule has 1 unspecified atom stereocenters. The molecule has 4 nitrogen and oxygen atoms in total. The van der Waals surface area contributed by atoms with Crippen molar-refractivity contribution < 1.29 is 8.42 Å². The molecule has 0 heterocycles. The topological polar surface area (TPSA) is 63.4 Å². The maximum absolute atomic E-state index is 12.6. The highest BCUT2D eigenvalue weighted by molar-refractivity contribution is 7.89. The van der Waals surface area contributed by atoms with Gasteiger partial charge >= 0.3 is 0 Å². The largest absolute Gasteiger partial charge is 0.326 e. The molecule has 108 valence electrons. The molecule has 1 aromatic carbocycles. The summed E-state index contributed by atoms with van der Waals surface area (Å²) in [5, 5.41) is 0. The number of benzene rings is 1. The Bertz CT molecular complexity index is 526. The van der Waals surface area contributed by atoms with Crippen LogP contribution in [0.3, 0.4) is 0 Å². The van der Waals surface area contributed by atoms with E-state index < -0.39 is 10.0 Å². The summed E-state index contributed by atoms with van der Waals surface area (Å²) in [6.07, 6.45) is 0.794. The average Bonchev–Trinajstić information content (AvgIpc) is 2.39. The van der Waals surface area contributed by atoms with Crippen LogP contribution in [0, 0.1) is 6.92 Å². The molecule has 0 spiro atoms. The van der Waals surface area contributed by atoms with Crippen LogP contribution in [0.5, 0.6) is 0 Å². The van der Waals surface area contributed by atoms with Crippen LogP contribution in [-0.2, 0) is 16.6 Å². The number of rotatable bonds is 6. The van der Waals surface area contributed by atoms with E-state index in [1.807, 2.05) is 33.8 Å². The molecule has 0 amide bonds. The minimum absolute atomic E-state index is 0.00219. The van der Waals surface area contributed by atoms with Gasteiger partial charge in [0.1, 0.15) is 0 Å². The second kappa shape index (κ2) is 6.50. The Hall–Kier alpha value is -0.910. The van der Waals surface area contributed by atoms with E-state index in [2.05, 4.69) is 0 Å². The summed E-state index contributed by atoms with van der Waals surface area (Å²) in [4.78, 5) is 0.334. The van der Waals surface area contributed by atoms with Gasteiger partial charge < -0.3 is 5.73 Å². The number of nitrogens with zero attached hydrogens (tertiary/aromatic N) is 1. The van der Waals surface area contributed by atoms with Crippen molar-refractivity contribution in [2.24, 2.45) is 5.73 Å². The highest BCUT2D eigenvalue weighted by atomic mass is 32.2. The van der Waals surface area contributed by atoms with Gasteiger partial charge in [0.25, 0.3) is 0 Å². The van der Waals surface area contributed by atoms with E-state index in [-0.39, 0.29) is 6.04 Å². The Kier molecular flexibility index (Phi) is 5.52. The molecule has 1 atom stereocenters. The van der Waals surface area contributed by atoms with Crippen molar-refractivity contribution in [2.75, 3.05) is 6.54 Å². The van der Waals surface area contributed by atoms with Crippen molar-refractivity contribution in [3.8, 4) is 0 Å². The summed E-state index contributed by atoms with van der Waals surface area (Å²) in [7, 11) is -3.43. The Morgan fingerprint density at radius 1 is 1.32 bits per heavy atom. The number of hydrogen-bond acceptors (Lipinski definition) is 3. The highest BCUT2D eigenvalue weighted by Crippen LogP contribution is 2.21. The van der Waals surface area contributed by atoms with Crippen LogP contribution in [0.15, 0.2) is 23.1 Å². The fourth-order valence-corrected chi connectivity index (χ4v) is 3.85. The lowest BCUT2D eigenvalue weighted by atomic mass is 10.1. The molecule has 0 radical (unpaired) electrons. The average molecular weight is 284 g/mol. The standard InChI is InChI=1S/C14H24N2O2S/c1-5-12(4)16(6-2)19(17,18)14-8-7-11(3)13(9-14)10-15/h7-9,12H,5-6,10,15H2,1-4H3. The van der Waals surface area contributed by atoms with Crippen molar-refractivity contribution >= 4 is 10.0 Å². The fourth-order valence-electron chi connectivity index (χ4n) is 2.09. The summed E-state index contributed by atoms with van der Waals surface area (Å²) in [6, 6.07) is 5.17. The third kappa shape index (κ3) is 3.35. The molecule has 0 aliphatic heterocycles. The van der Waals surface area contributed by atoms with Gasteiger partial charge in [-0.05, 0) is 43.5 Å². The second-order valence-electron chi connectivity index (χ2n) is 4.76. The molecular weight excluding hydrogens is 260 g/mol. The first-order valence-corrected chi connectivity index (χ1v) is 8.13. The maximum Gasteiger partial charge on any atom is 0.243 e. The predicted molar refractivity (Wildman–Crippen MR) is 78.4 cm³/mol. The van der Waals surface area contributed by atoms with Gasteiger partial charge in [-0.2, -0.15) is 4.31 Å². The highest BCUT2D eigenvalue weighted by Gasteiger charge is 2.27. The molecule has 2 N–H and O–H groups in total. The Labute approximate surface area is 116 Å². The zero-order valence-electron chi connectivity index (χ0n) is 12.2. The summed E-state index contributed by atoms with van der Waals surface area (Å²) >= 11 is 0. The molecule has 0 aromatic heterocycles. The number of nitrogens with two attached hydrogens (primary N) is 1. The molecule has 1 rings (SSSR count). The van der Waals surface area contributed by atoms with E-state index in [4.69, 9.17) is 5.73 Å². The van der Waals surface area contributed by atoms with E-state index in [0.717, 1.165) is 17.5 Å². The van der Waals surface area contributed by atoms with Crippen molar-refractivity contribution in [2.45, 2.75) is 51.6 Å². The predicted octanol–water partition coefficient (Wildman–Crippen LogP) is 2.26. The molecule has 0 saturated carbocycles. The molecule has 0 aliphatic rings. The van der Waals surface area contributed by atoms with Gasteiger partial charge in [-0.3, -0.25) is 0 Å². The molecular formula is C14H24N2O2S. The Balaban J connectivity index is 3.26. The minimum Gasteiger partial charge on any atom is -0.326 e. The van der Waals surface area contributed by atoms with Crippen molar-refractivity contribution in [3.05, 3.63) is 29.3 Å². The van der Waals surface area contributed by atoms with Gasteiger partial charge in [0.15, 0.2) is 0 Å². The molecule has 0 aliphatic carbocycles. The third-order valence-electron chi connectivity index (χ3n) is 3.54. The zero-order valence-corrected chi connectivity index (χ0v) is 13.0. The van der Waals surface area contributed by atoms with Gasteiger partial charge in [0.2, 0.25) is 10.0 Å². The maximum atomic E-state index is 12.6. The van der Waals surface area contributed by atoms with E-state index in [0.29, 0.717) is 18.0 Å². The fraction of sp³-hybridized carbons (Fsp3) is 0.571. The quantitative estimate of drug-likeness (QED) is 0.871. The Morgan fingerprint density at radius 2 is 1.95 bits per heavy atom. The zero-order chi connectivity index (χ0) is 14.6. The third-order valence-corrected chi connectivity index (χ3v) is 5.63. The minimum atomic E-state index is -3.43. The molecule has 0 saturated heterocycles. The normalized spacial score (nSPS) is 13.8. The van der Waals surface area contributed by atoms with Gasteiger partial charge in [-0.15, -0.1) is 0 Å². The number of sulfonamides is 1. The smallest absolute Gasteiger partial charge is 0.243 e. The molecule has 5 heteroatoms. The van der Waals surface area contributed by atoms with E-state index in [1.165, 1.54) is 4.31 Å². The lowest BCUT2D eigenvalue weighted by molar-refractivity contribution is 0.342. The van der Waals surface area contributed by atoms with Crippen molar-refractivity contribution in [1.29, 1.82) is 0 Å². The first kappa shape index (κ1) is 16.1. The first-order chi connectivity index (χ1) is 8.88. The van der Waals surface area contributed by atoms with E-state index in [9.17, 15) is 8.42 Å². The van der Waals surface area contributed by atoms with Crippen molar-refractivity contribution in [3.63, 3.8) is 0 Å². The van der Waals surface area contributed by atoms with Crippen LogP contribution < -0.4 is 5.73 Å². The van der Waals surface area contributed by atoms with Crippen LogP contribution in [-0.4, -0.2) is 25.3 Å². The molecule has 0 fully saturated rings. The monoisotopic (exact) mass is 284 g/mol. The summed E-state index contributed by atoms with van der Waals surface area (Å²) in [5.41, 5.74) is 7.55. The number of aryl methyl sites for hydroxylation is 1. The summed E-state index contributed by atoms with van der Waals surface area (Å²) in [6.45, 7) is 8.54. The van der Waals surface area contributed by atoms with Crippen LogP contribution >= 0.6 is 0 Å². The molecule has 0 bridgehead atoms. The van der Waals surface area contributed by atoms with Crippen molar-refractivity contribution in [1.82, 2.24) is 4.31 Å². The van der Waals surface area contributed by atoms with Gasteiger partial charge in [-0.25, -0.2) is 8.42 Å².